The Hall–Kier alpha value is -2.24. The second-order valence-electron chi connectivity index (χ2n) is 7.43. The van der Waals surface area contributed by atoms with Crippen LogP contribution < -0.4 is 5.73 Å². The van der Waals surface area contributed by atoms with E-state index in [1.807, 2.05) is 4.90 Å². The molecule has 1 heterocycles. The summed E-state index contributed by atoms with van der Waals surface area (Å²) in [6.07, 6.45) is -4.20. The van der Waals surface area contributed by atoms with E-state index in [1.54, 1.807) is 7.05 Å². The number of amides is 1. The molecule has 1 saturated heterocycles. The first-order valence-electron chi connectivity index (χ1n) is 9.11. The van der Waals surface area contributed by atoms with Gasteiger partial charge in [-0.1, -0.05) is 6.07 Å². The first-order chi connectivity index (χ1) is 13.9. The molecular weight excluding hydrogens is 426 g/mol. The van der Waals surface area contributed by atoms with Crippen molar-refractivity contribution in [3.8, 4) is 0 Å². The van der Waals surface area contributed by atoms with Crippen LogP contribution in [0.3, 0.4) is 0 Å². The summed E-state index contributed by atoms with van der Waals surface area (Å²) in [4.78, 5) is 13.6. The average Bonchev–Trinajstić information content (AvgIpc) is 2.67. The third kappa shape index (κ3) is 4.01. The van der Waals surface area contributed by atoms with Crippen LogP contribution in [-0.2, 0) is 14.6 Å². The van der Waals surface area contributed by atoms with Crippen molar-refractivity contribution >= 4 is 15.7 Å². The summed E-state index contributed by atoms with van der Waals surface area (Å²) in [7, 11) is -2.77. The Labute approximate surface area is 171 Å². The number of nitrogens with zero attached hydrogens (tertiary/aromatic N) is 2. The van der Waals surface area contributed by atoms with E-state index in [2.05, 4.69) is 0 Å². The smallest absolute Gasteiger partial charge is 0.366 e. The molecule has 0 saturated carbocycles. The Kier molecular flexibility index (Phi) is 5.82. The van der Waals surface area contributed by atoms with Gasteiger partial charge in [0.2, 0.25) is 15.7 Å². The minimum absolute atomic E-state index is 0.0197. The van der Waals surface area contributed by atoms with Crippen molar-refractivity contribution in [2.75, 3.05) is 33.2 Å². The predicted molar refractivity (Wildman–Crippen MR) is 101 cm³/mol. The molecule has 6 nitrogen and oxygen atoms in total. The van der Waals surface area contributed by atoms with Gasteiger partial charge in [-0.05, 0) is 37.4 Å². The first-order valence-corrected chi connectivity index (χ1v) is 10.6. The number of rotatable bonds is 4. The number of piperazine rings is 1. The fourth-order valence-corrected chi connectivity index (χ4v) is 5.14. The zero-order chi connectivity index (χ0) is 22.3. The SMILES string of the molecule is CN1CCN(C2(C(F)(F)F)C=C(S(=O)(=O)c3cccc(F)c3)C=C(C(N)=O)C2)CC1. The van der Waals surface area contributed by atoms with Crippen LogP contribution in [0.4, 0.5) is 17.6 Å². The number of sulfone groups is 1. The molecule has 11 heteroatoms. The van der Waals surface area contributed by atoms with Gasteiger partial charge in [0.1, 0.15) is 11.4 Å². The van der Waals surface area contributed by atoms with Crippen molar-refractivity contribution < 1.29 is 30.8 Å². The quantitative estimate of drug-likeness (QED) is 0.713. The molecular formula is C19H21F4N3O3S. The van der Waals surface area contributed by atoms with E-state index in [0.29, 0.717) is 25.2 Å². The molecule has 1 aromatic rings. The molecule has 0 bridgehead atoms. The van der Waals surface area contributed by atoms with E-state index in [1.165, 1.54) is 0 Å². The molecule has 1 unspecified atom stereocenters. The van der Waals surface area contributed by atoms with Gasteiger partial charge in [0.05, 0.1) is 9.80 Å². The standard InChI is InChI=1S/C19H21F4N3O3S/c1-25-5-7-26(8-6-25)18(19(21,22)23)11-13(17(24)27)9-16(12-18)30(28,29)15-4-2-3-14(20)10-15/h2-4,9-10,12H,5-8,11H2,1H3,(H2,24,27). The molecule has 1 amide bonds. The van der Waals surface area contributed by atoms with E-state index in [0.717, 1.165) is 29.2 Å². The highest BCUT2D eigenvalue weighted by molar-refractivity contribution is 7.95. The molecule has 2 N–H and O–H groups in total. The number of nitrogens with two attached hydrogens (primary N) is 1. The van der Waals surface area contributed by atoms with Crippen LogP contribution in [0, 0.1) is 5.82 Å². The summed E-state index contributed by atoms with van der Waals surface area (Å²) in [5, 5.41) is 0. The average molecular weight is 447 g/mol. The van der Waals surface area contributed by atoms with Crippen LogP contribution >= 0.6 is 0 Å². The Morgan fingerprint density at radius 2 is 1.80 bits per heavy atom. The highest BCUT2D eigenvalue weighted by Crippen LogP contribution is 2.46. The minimum Gasteiger partial charge on any atom is -0.366 e. The van der Waals surface area contributed by atoms with Gasteiger partial charge in [0.15, 0.2) is 0 Å². The van der Waals surface area contributed by atoms with E-state index in [-0.39, 0.29) is 13.1 Å². The van der Waals surface area contributed by atoms with Gasteiger partial charge in [-0.15, -0.1) is 0 Å². The largest absolute Gasteiger partial charge is 0.410 e. The number of halogens is 4. The van der Waals surface area contributed by atoms with Gasteiger partial charge in [-0.2, -0.15) is 13.2 Å². The van der Waals surface area contributed by atoms with Gasteiger partial charge in [-0.25, -0.2) is 12.8 Å². The van der Waals surface area contributed by atoms with Crippen molar-refractivity contribution in [3.63, 3.8) is 0 Å². The molecule has 1 aromatic carbocycles. The number of hydrogen-bond acceptors (Lipinski definition) is 5. The monoisotopic (exact) mass is 447 g/mol. The molecule has 3 rings (SSSR count). The van der Waals surface area contributed by atoms with Crippen molar-refractivity contribution in [1.29, 1.82) is 0 Å². The fourth-order valence-electron chi connectivity index (χ4n) is 3.69. The highest BCUT2D eigenvalue weighted by Gasteiger charge is 2.59. The summed E-state index contributed by atoms with van der Waals surface area (Å²) >= 11 is 0. The second-order valence-corrected chi connectivity index (χ2v) is 9.38. The first kappa shape index (κ1) is 22.4. The van der Waals surface area contributed by atoms with Crippen molar-refractivity contribution in [1.82, 2.24) is 9.80 Å². The van der Waals surface area contributed by atoms with E-state index >= 15 is 0 Å². The van der Waals surface area contributed by atoms with Gasteiger partial charge >= 0.3 is 6.18 Å². The lowest BCUT2D eigenvalue weighted by Gasteiger charge is -2.47. The Bertz CT molecular complexity index is 1010. The molecule has 1 atom stereocenters. The number of carbonyl (C=O) groups excluding carboxylic acids is 1. The Balaban J connectivity index is 2.20. The molecule has 1 aliphatic carbocycles. The molecule has 1 fully saturated rings. The normalized spacial score (nSPS) is 24.3. The van der Waals surface area contributed by atoms with E-state index in [4.69, 9.17) is 5.73 Å². The number of likely N-dealkylation sites (N-methyl/N-ethyl adjacent to an activating group) is 1. The molecule has 0 aromatic heterocycles. The topological polar surface area (TPSA) is 83.7 Å². The van der Waals surface area contributed by atoms with E-state index < -0.39 is 55.1 Å². The summed E-state index contributed by atoms with van der Waals surface area (Å²) in [6.45, 7) is 0.720. The summed E-state index contributed by atoms with van der Waals surface area (Å²) in [6, 6.07) is 3.95. The lowest BCUT2D eigenvalue weighted by atomic mass is 9.83. The third-order valence-electron chi connectivity index (χ3n) is 5.45. The molecule has 30 heavy (non-hydrogen) atoms. The van der Waals surface area contributed by atoms with Crippen LogP contribution in [0.2, 0.25) is 0 Å². The number of benzene rings is 1. The van der Waals surface area contributed by atoms with Crippen LogP contribution in [0.5, 0.6) is 0 Å². The minimum atomic E-state index is -4.89. The second kappa shape index (κ2) is 7.78. The van der Waals surface area contributed by atoms with Crippen LogP contribution in [-0.4, -0.2) is 69.1 Å². The summed E-state index contributed by atoms with van der Waals surface area (Å²) in [5.41, 5.74) is 2.09. The van der Waals surface area contributed by atoms with Crippen molar-refractivity contribution in [2.24, 2.45) is 5.73 Å². The van der Waals surface area contributed by atoms with Crippen LogP contribution in [0.1, 0.15) is 6.42 Å². The third-order valence-corrected chi connectivity index (χ3v) is 7.18. The maximum atomic E-state index is 14.4. The Morgan fingerprint density at radius 1 is 1.17 bits per heavy atom. The summed E-state index contributed by atoms with van der Waals surface area (Å²) in [5.74, 6) is -1.99. The van der Waals surface area contributed by atoms with Crippen molar-refractivity contribution in [3.05, 3.63) is 52.7 Å². The molecule has 0 radical (unpaired) electrons. The molecule has 0 spiro atoms. The molecule has 1 aliphatic heterocycles. The maximum absolute atomic E-state index is 14.4. The fraction of sp³-hybridized carbons (Fsp3) is 0.421. The van der Waals surface area contributed by atoms with Crippen molar-refractivity contribution in [2.45, 2.75) is 23.0 Å². The number of hydrogen-bond donors (Lipinski definition) is 1. The summed E-state index contributed by atoms with van der Waals surface area (Å²) < 4.78 is 82.9. The number of carbonyl (C=O) groups is 1. The zero-order valence-corrected chi connectivity index (χ0v) is 16.9. The van der Waals surface area contributed by atoms with Crippen LogP contribution in [0.25, 0.3) is 0 Å². The Morgan fingerprint density at radius 3 is 2.33 bits per heavy atom. The molecule has 2 aliphatic rings. The number of primary amides is 1. The lowest BCUT2D eigenvalue weighted by molar-refractivity contribution is -0.219. The number of allylic oxidation sites excluding steroid dienone is 1. The predicted octanol–water partition coefficient (Wildman–Crippen LogP) is 1.85. The molecule has 164 valence electrons. The van der Waals surface area contributed by atoms with Gasteiger partial charge in [0, 0.05) is 38.2 Å². The lowest BCUT2D eigenvalue weighted by Crippen LogP contribution is -2.63. The number of alkyl halides is 3. The highest BCUT2D eigenvalue weighted by atomic mass is 32.2. The van der Waals surface area contributed by atoms with Crippen LogP contribution in [0.15, 0.2) is 51.8 Å². The van der Waals surface area contributed by atoms with E-state index in [9.17, 15) is 30.8 Å². The van der Waals surface area contributed by atoms with Gasteiger partial charge < -0.3 is 10.6 Å². The van der Waals surface area contributed by atoms with Gasteiger partial charge in [-0.3, -0.25) is 9.69 Å². The maximum Gasteiger partial charge on any atom is 0.410 e. The van der Waals surface area contributed by atoms with Gasteiger partial charge in [0.25, 0.3) is 0 Å². The zero-order valence-electron chi connectivity index (χ0n) is 16.1.